The average Bonchev–Trinajstić information content (AvgIpc) is 2.66. The van der Waals surface area contributed by atoms with Gasteiger partial charge in [0.25, 0.3) is 0 Å². The van der Waals surface area contributed by atoms with E-state index in [1.54, 1.807) is 0 Å². The van der Waals surface area contributed by atoms with Crippen molar-refractivity contribution in [2.45, 2.75) is 69.2 Å². The minimum atomic E-state index is 0.170. The molecule has 0 spiro atoms. The van der Waals surface area contributed by atoms with Gasteiger partial charge in [0.05, 0.1) is 11.4 Å². The lowest BCUT2D eigenvalue weighted by molar-refractivity contribution is 0.504. The Kier molecular flexibility index (Phi) is 8.77. The van der Waals surface area contributed by atoms with E-state index in [4.69, 9.17) is 0 Å². The van der Waals surface area contributed by atoms with Crippen LogP contribution >= 0.6 is 0 Å². The van der Waals surface area contributed by atoms with E-state index < -0.39 is 0 Å². The maximum atomic E-state index is 4.62. The molecule has 0 unspecified atom stereocenters. The summed E-state index contributed by atoms with van der Waals surface area (Å²) in [5.74, 6) is 0. The minimum Gasteiger partial charge on any atom is -0.286 e. The average molecular weight is 407 g/mol. The first-order valence-electron chi connectivity index (χ1n) is 10.8. The van der Waals surface area contributed by atoms with Gasteiger partial charge in [0.2, 0.25) is 0 Å². The third-order valence-corrected chi connectivity index (χ3v) is 5.98. The van der Waals surface area contributed by atoms with Crippen molar-refractivity contribution in [1.82, 2.24) is 0 Å². The Bertz CT molecular complexity index is 817. The molecule has 0 fully saturated rings. The van der Waals surface area contributed by atoms with Crippen LogP contribution in [0.1, 0.15) is 69.2 Å². The molecule has 0 aromatic carbocycles. The Labute approximate surface area is 185 Å². The normalized spacial score (nSPS) is 20.7. The fourth-order valence-corrected chi connectivity index (χ4v) is 2.85. The molecule has 0 saturated carbocycles. The van der Waals surface area contributed by atoms with Crippen LogP contribution in [0.2, 0.25) is 0 Å². The molecule has 1 aliphatic carbocycles. The highest BCUT2D eigenvalue weighted by atomic mass is 14.8. The maximum absolute atomic E-state index is 4.62. The number of rotatable bonds is 4. The molecule has 0 aliphatic heterocycles. The van der Waals surface area contributed by atoms with Crippen LogP contribution in [0.5, 0.6) is 0 Å². The molecule has 0 radical (unpaired) electrons. The molecule has 0 bridgehead atoms. The van der Waals surface area contributed by atoms with Gasteiger partial charge in [-0.1, -0.05) is 89.1 Å². The minimum absolute atomic E-state index is 0.170. The molecule has 1 rings (SSSR count). The van der Waals surface area contributed by atoms with E-state index in [2.05, 4.69) is 116 Å². The lowest BCUT2D eigenvalue weighted by atomic mass is 9.84. The second-order valence-corrected chi connectivity index (χ2v) is 10.2. The standard InChI is InChI=1S/C28H42N2/c1-19(13-15-21(3)27(5,6)7)23-17-18-24(26(30-12)25(23)29-11)20(2)14-16-22(4)28(8,9)10/h13-18H,1-12H3/b19-13+,20-14+,21-15+,22-16+,29-25?,30-26?. The number of hydrogen-bond acceptors (Lipinski definition) is 2. The van der Waals surface area contributed by atoms with Crippen LogP contribution in [0.25, 0.3) is 0 Å². The molecular weight excluding hydrogens is 364 g/mol. The van der Waals surface area contributed by atoms with Gasteiger partial charge in [0.15, 0.2) is 0 Å². The van der Waals surface area contributed by atoms with Gasteiger partial charge in [-0.2, -0.15) is 0 Å². The van der Waals surface area contributed by atoms with Crippen molar-refractivity contribution in [1.29, 1.82) is 0 Å². The van der Waals surface area contributed by atoms with E-state index in [-0.39, 0.29) is 10.8 Å². The van der Waals surface area contributed by atoms with Gasteiger partial charge >= 0.3 is 0 Å². The smallest absolute Gasteiger partial charge is 0.0903 e. The molecule has 0 atom stereocenters. The first-order chi connectivity index (χ1) is 13.7. The summed E-state index contributed by atoms with van der Waals surface area (Å²) in [7, 11) is 3.70. The molecule has 1 aliphatic rings. The second-order valence-electron chi connectivity index (χ2n) is 10.2. The molecule has 0 N–H and O–H groups in total. The quantitative estimate of drug-likeness (QED) is 0.335. The SMILES string of the molecule is CN=C1C(/C(C)=C/C=C(\C)C(C)(C)C)=CC=C(/C(C)=C/C=C(\C)C(C)(C)C)C1=NC. The van der Waals surface area contributed by atoms with E-state index >= 15 is 0 Å². The molecule has 0 aromatic heterocycles. The molecular formula is C28H42N2. The summed E-state index contributed by atoms with van der Waals surface area (Å²) < 4.78 is 0. The van der Waals surface area contributed by atoms with Crippen LogP contribution in [-0.2, 0) is 0 Å². The Morgan fingerprint density at radius 2 is 0.900 bits per heavy atom. The zero-order valence-electron chi connectivity index (χ0n) is 21.4. The Morgan fingerprint density at radius 3 is 1.13 bits per heavy atom. The Morgan fingerprint density at radius 1 is 0.600 bits per heavy atom. The predicted molar refractivity (Wildman–Crippen MR) is 137 cm³/mol. The van der Waals surface area contributed by atoms with Crippen molar-refractivity contribution in [3.05, 3.63) is 69.9 Å². The summed E-state index contributed by atoms with van der Waals surface area (Å²) in [6.07, 6.45) is 13.2. The van der Waals surface area contributed by atoms with Gasteiger partial charge in [-0.25, -0.2) is 0 Å². The van der Waals surface area contributed by atoms with E-state index in [1.165, 1.54) is 22.3 Å². The van der Waals surface area contributed by atoms with Gasteiger partial charge in [-0.15, -0.1) is 0 Å². The molecule has 2 heteroatoms. The van der Waals surface area contributed by atoms with Crippen LogP contribution in [-0.4, -0.2) is 25.5 Å². The number of nitrogens with zero attached hydrogens (tertiary/aromatic N) is 2. The first kappa shape index (κ1) is 25.8. The van der Waals surface area contributed by atoms with Gasteiger partial charge in [0.1, 0.15) is 0 Å². The van der Waals surface area contributed by atoms with E-state index in [0.717, 1.165) is 22.6 Å². The fraction of sp³-hybridized carbons (Fsp3) is 0.500. The summed E-state index contributed by atoms with van der Waals surface area (Å²) in [6, 6.07) is 0. The number of hydrogen-bond donors (Lipinski definition) is 0. The van der Waals surface area contributed by atoms with Crippen LogP contribution in [0.4, 0.5) is 0 Å². The van der Waals surface area contributed by atoms with E-state index in [1.807, 2.05) is 14.1 Å². The molecule has 2 nitrogen and oxygen atoms in total. The third-order valence-electron chi connectivity index (χ3n) is 5.98. The van der Waals surface area contributed by atoms with Gasteiger partial charge in [0, 0.05) is 25.2 Å². The van der Waals surface area contributed by atoms with Crippen molar-refractivity contribution in [3.8, 4) is 0 Å². The van der Waals surface area contributed by atoms with Crippen molar-refractivity contribution < 1.29 is 0 Å². The zero-order valence-corrected chi connectivity index (χ0v) is 21.4. The summed E-state index contributed by atoms with van der Waals surface area (Å²) in [4.78, 5) is 9.24. The van der Waals surface area contributed by atoms with Crippen LogP contribution in [0, 0.1) is 10.8 Å². The summed E-state index contributed by atoms with van der Waals surface area (Å²) in [5.41, 5.74) is 9.61. The first-order valence-corrected chi connectivity index (χ1v) is 10.8. The van der Waals surface area contributed by atoms with Crippen molar-refractivity contribution >= 4 is 11.4 Å². The highest BCUT2D eigenvalue weighted by molar-refractivity contribution is 6.56. The van der Waals surface area contributed by atoms with Gasteiger partial charge < -0.3 is 0 Å². The molecule has 0 amide bonds. The number of allylic oxidation sites excluding steroid dienone is 12. The highest BCUT2D eigenvalue weighted by Crippen LogP contribution is 2.28. The number of aliphatic imine (C=N–C) groups is 2. The van der Waals surface area contributed by atoms with Gasteiger partial charge in [-0.3, -0.25) is 9.98 Å². The predicted octanol–water partition coefficient (Wildman–Crippen LogP) is 7.87. The van der Waals surface area contributed by atoms with Crippen LogP contribution in [0.15, 0.2) is 79.9 Å². The lowest BCUT2D eigenvalue weighted by Gasteiger charge is -2.22. The van der Waals surface area contributed by atoms with E-state index in [9.17, 15) is 0 Å². The maximum Gasteiger partial charge on any atom is 0.0903 e. The molecule has 0 heterocycles. The van der Waals surface area contributed by atoms with Crippen molar-refractivity contribution in [2.75, 3.05) is 14.1 Å². The summed E-state index contributed by atoms with van der Waals surface area (Å²) in [6.45, 7) is 22.1. The lowest BCUT2D eigenvalue weighted by Crippen LogP contribution is -2.23. The Hall–Kier alpha value is -2.22. The molecule has 164 valence electrons. The highest BCUT2D eigenvalue weighted by Gasteiger charge is 2.22. The topological polar surface area (TPSA) is 24.7 Å². The molecule has 0 saturated heterocycles. The van der Waals surface area contributed by atoms with Crippen molar-refractivity contribution in [2.24, 2.45) is 20.8 Å². The van der Waals surface area contributed by atoms with Crippen molar-refractivity contribution in [3.63, 3.8) is 0 Å². The Balaban J connectivity index is 3.43. The third kappa shape index (κ3) is 6.65. The molecule has 0 aromatic rings. The molecule has 30 heavy (non-hydrogen) atoms. The summed E-state index contributed by atoms with van der Waals surface area (Å²) in [5, 5.41) is 0. The van der Waals surface area contributed by atoms with Crippen LogP contribution in [0.3, 0.4) is 0 Å². The van der Waals surface area contributed by atoms with E-state index in [0.29, 0.717) is 0 Å². The zero-order chi connectivity index (χ0) is 23.3. The second kappa shape index (κ2) is 10.2. The largest absolute Gasteiger partial charge is 0.286 e. The fourth-order valence-electron chi connectivity index (χ4n) is 2.85. The summed E-state index contributed by atoms with van der Waals surface area (Å²) >= 11 is 0. The van der Waals surface area contributed by atoms with Gasteiger partial charge in [-0.05, 0) is 49.7 Å². The van der Waals surface area contributed by atoms with Crippen LogP contribution < -0.4 is 0 Å². The monoisotopic (exact) mass is 406 g/mol.